The molecule has 5 heteroatoms. The largest absolute Gasteiger partial charge is 0.748 e. The molecule has 0 aliphatic rings. The van der Waals surface area contributed by atoms with E-state index in [1.807, 2.05) is 0 Å². The van der Waals surface area contributed by atoms with Crippen LogP contribution in [0.3, 0.4) is 0 Å². The van der Waals surface area contributed by atoms with Gasteiger partial charge in [0.15, 0.2) is 0 Å². The summed E-state index contributed by atoms with van der Waals surface area (Å²) in [6.07, 6.45) is 18.6. The van der Waals surface area contributed by atoms with Crippen molar-refractivity contribution in [3.8, 4) is 0 Å². The van der Waals surface area contributed by atoms with E-state index >= 15 is 0 Å². The Hall–Kier alpha value is -0.130. The van der Waals surface area contributed by atoms with Gasteiger partial charge in [-0.3, -0.25) is 0 Å². The van der Waals surface area contributed by atoms with Crippen LogP contribution in [0, 0.1) is 0 Å². The van der Waals surface area contributed by atoms with E-state index in [1.165, 1.54) is 101 Å². The van der Waals surface area contributed by atoms with Crippen LogP contribution in [0.5, 0.6) is 0 Å². The molecule has 0 amide bonds. The molecule has 0 aromatic carbocycles. The topological polar surface area (TPSA) is 57.2 Å². The van der Waals surface area contributed by atoms with Crippen molar-refractivity contribution in [1.29, 1.82) is 0 Å². The van der Waals surface area contributed by atoms with Gasteiger partial charge < -0.3 is 9.04 Å². The van der Waals surface area contributed by atoms with Crippen LogP contribution in [0.2, 0.25) is 0 Å². The average Bonchev–Trinajstić information content (AvgIpc) is 2.62. The van der Waals surface area contributed by atoms with Crippen LogP contribution < -0.4 is 0 Å². The molecule has 0 bridgehead atoms. The lowest BCUT2D eigenvalue weighted by molar-refractivity contribution is -0.928. The van der Waals surface area contributed by atoms with Crippen molar-refractivity contribution in [3.63, 3.8) is 0 Å². The lowest BCUT2D eigenvalue weighted by atomic mass is 10.1. The van der Waals surface area contributed by atoms with Crippen LogP contribution in [0.1, 0.15) is 117 Å². The first-order valence-electron chi connectivity index (χ1n) is 12.2. The molecule has 0 spiro atoms. The van der Waals surface area contributed by atoms with Crippen molar-refractivity contribution in [2.24, 2.45) is 0 Å². The Morgan fingerprint density at radius 2 is 0.929 bits per heavy atom. The molecule has 0 unspecified atom stereocenters. The highest BCUT2D eigenvalue weighted by Gasteiger charge is 2.24. The van der Waals surface area contributed by atoms with Gasteiger partial charge in [0.05, 0.1) is 36.3 Å². The van der Waals surface area contributed by atoms with Gasteiger partial charge in [0.2, 0.25) is 0 Å². The van der Waals surface area contributed by atoms with Gasteiger partial charge in [-0.25, -0.2) is 8.42 Å². The van der Waals surface area contributed by atoms with Crippen LogP contribution in [-0.2, 0) is 10.1 Å². The summed E-state index contributed by atoms with van der Waals surface area (Å²) < 4.78 is 33.4. The zero-order valence-electron chi connectivity index (χ0n) is 19.2. The molecule has 0 fully saturated rings. The van der Waals surface area contributed by atoms with Gasteiger partial charge in [-0.1, -0.05) is 72.1 Å². The Kier molecular flexibility index (Phi) is 17.6. The maximum absolute atomic E-state index is 10.8. The first-order valence-corrected chi connectivity index (χ1v) is 13.8. The van der Waals surface area contributed by atoms with E-state index in [2.05, 4.69) is 20.8 Å². The van der Waals surface area contributed by atoms with Gasteiger partial charge in [0.1, 0.15) is 0 Å². The second-order valence-electron chi connectivity index (χ2n) is 8.74. The predicted molar refractivity (Wildman–Crippen MR) is 121 cm³/mol. The van der Waals surface area contributed by atoms with E-state index < -0.39 is 10.1 Å². The van der Waals surface area contributed by atoms with Gasteiger partial charge in [-0.15, -0.1) is 0 Å². The smallest absolute Gasteiger partial charge is 0.0945 e. The van der Waals surface area contributed by atoms with Crippen LogP contribution in [-0.4, -0.2) is 49.4 Å². The first kappa shape index (κ1) is 27.9. The lowest BCUT2D eigenvalue weighted by Crippen LogP contribution is -2.50. The third-order valence-corrected chi connectivity index (χ3v) is 6.70. The maximum Gasteiger partial charge on any atom is 0.0945 e. The van der Waals surface area contributed by atoms with Crippen molar-refractivity contribution in [3.05, 3.63) is 0 Å². The summed E-state index contributed by atoms with van der Waals surface area (Å²) >= 11 is 0. The monoisotopic (exact) mass is 419 g/mol. The molecule has 0 aliphatic carbocycles. The number of hydrogen-bond donors (Lipinski definition) is 0. The summed E-state index contributed by atoms with van der Waals surface area (Å²) in [4.78, 5) is 0. The standard InChI is InChI=1S/C23H49NO3S/c1-4-7-8-9-10-11-12-13-14-16-21-24(19-5-2,20-6-3)22-17-15-18-23-28(25,26)27/h4-23H2,1-3H3. The van der Waals surface area contributed by atoms with Crippen molar-refractivity contribution >= 4 is 10.1 Å². The van der Waals surface area contributed by atoms with Crippen LogP contribution in [0.15, 0.2) is 0 Å². The fraction of sp³-hybridized carbons (Fsp3) is 1.00. The molecule has 0 aromatic rings. The summed E-state index contributed by atoms with van der Waals surface area (Å²) in [5.41, 5.74) is 0. The molecule has 0 saturated carbocycles. The highest BCUT2D eigenvalue weighted by atomic mass is 32.2. The van der Waals surface area contributed by atoms with Crippen molar-refractivity contribution in [2.45, 2.75) is 117 Å². The van der Waals surface area contributed by atoms with Crippen molar-refractivity contribution < 1.29 is 17.5 Å². The molecular formula is C23H49NO3S. The van der Waals surface area contributed by atoms with Crippen LogP contribution in [0.4, 0.5) is 0 Å². The molecule has 0 rings (SSSR count). The van der Waals surface area contributed by atoms with E-state index in [0.29, 0.717) is 6.42 Å². The third-order valence-electron chi connectivity index (χ3n) is 5.91. The Bertz CT molecular complexity index is 431. The SMILES string of the molecule is CCCCCCCCCCCC[N+](CCC)(CCC)CCCCCS(=O)(=O)[O-]. The first-order chi connectivity index (χ1) is 13.4. The molecule has 0 saturated heterocycles. The normalized spacial score (nSPS) is 12.6. The Morgan fingerprint density at radius 1 is 0.536 bits per heavy atom. The zero-order valence-corrected chi connectivity index (χ0v) is 20.0. The Balaban J connectivity index is 4.08. The quantitative estimate of drug-likeness (QED) is 0.125. The van der Waals surface area contributed by atoms with Gasteiger partial charge >= 0.3 is 0 Å². The van der Waals surface area contributed by atoms with E-state index in [0.717, 1.165) is 19.4 Å². The number of nitrogens with zero attached hydrogens (tertiary/aromatic N) is 1. The fourth-order valence-corrected chi connectivity index (χ4v) is 5.01. The van der Waals surface area contributed by atoms with Crippen molar-refractivity contribution in [2.75, 3.05) is 31.9 Å². The minimum Gasteiger partial charge on any atom is -0.748 e. The number of unbranched alkanes of at least 4 members (excludes halogenated alkanes) is 11. The summed E-state index contributed by atoms with van der Waals surface area (Å²) in [5.74, 6) is -0.201. The number of quaternary nitrogens is 1. The van der Waals surface area contributed by atoms with Gasteiger partial charge in [0.25, 0.3) is 0 Å². The minimum absolute atomic E-state index is 0.201. The Labute approximate surface area is 176 Å². The molecule has 0 aromatic heterocycles. The second kappa shape index (κ2) is 17.7. The highest BCUT2D eigenvalue weighted by molar-refractivity contribution is 7.85. The molecule has 4 nitrogen and oxygen atoms in total. The minimum atomic E-state index is -4.05. The molecule has 0 heterocycles. The maximum atomic E-state index is 10.8. The number of hydrogen-bond acceptors (Lipinski definition) is 3. The molecular weight excluding hydrogens is 370 g/mol. The van der Waals surface area contributed by atoms with Gasteiger partial charge in [0, 0.05) is 5.75 Å². The zero-order chi connectivity index (χ0) is 21.1. The van der Waals surface area contributed by atoms with E-state index in [-0.39, 0.29) is 5.75 Å². The van der Waals surface area contributed by atoms with Crippen LogP contribution >= 0.6 is 0 Å². The van der Waals surface area contributed by atoms with E-state index in [9.17, 15) is 13.0 Å². The molecule has 0 N–H and O–H groups in total. The summed E-state index contributed by atoms with van der Waals surface area (Å²) in [5, 5.41) is 0. The second-order valence-corrected chi connectivity index (χ2v) is 10.3. The Morgan fingerprint density at radius 3 is 1.32 bits per heavy atom. The van der Waals surface area contributed by atoms with Gasteiger partial charge in [-0.2, -0.15) is 0 Å². The van der Waals surface area contributed by atoms with Gasteiger partial charge in [-0.05, 0) is 44.9 Å². The van der Waals surface area contributed by atoms with Crippen molar-refractivity contribution in [1.82, 2.24) is 0 Å². The van der Waals surface area contributed by atoms with E-state index in [1.54, 1.807) is 0 Å². The predicted octanol–water partition coefficient (Wildman–Crippen LogP) is 6.26. The molecule has 28 heavy (non-hydrogen) atoms. The van der Waals surface area contributed by atoms with Crippen LogP contribution in [0.25, 0.3) is 0 Å². The third kappa shape index (κ3) is 16.8. The lowest BCUT2D eigenvalue weighted by Gasteiger charge is -2.39. The van der Waals surface area contributed by atoms with E-state index in [4.69, 9.17) is 0 Å². The fourth-order valence-electron chi connectivity index (χ4n) is 4.46. The molecule has 0 atom stereocenters. The summed E-state index contributed by atoms with van der Waals surface area (Å²) in [7, 11) is -4.05. The highest BCUT2D eigenvalue weighted by Crippen LogP contribution is 2.17. The summed E-state index contributed by atoms with van der Waals surface area (Å²) in [6, 6.07) is 0. The number of rotatable bonds is 21. The summed E-state index contributed by atoms with van der Waals surface area (Å²) in [6.45, 7) is 11.7. The molecule has 0 aliphatic heterocycles. The average molecular weight is 420 g/mol. The molecule has 170 valence electrons. The molecule has 0 radical (unpaired) electrons.